The number of hydrogen-bond acceptors (Lipinski definition) is 2. The standard InChI is InChI=1S/C9H12N2O2/c1-3-8(12)6-4-7(11-5-6)9(13)10-2/h4-5,11H,3H2,1-2H3,(H,10,13). The summed E-state index contributed by atoms with van der Waals surface area (Å²) in [6.45, 7) is 1.79. The molecule has 0 radical (unpaired) electrons. The van der Waals surface area contributed by atoms with Gasteiger partial charge in [0.05, 0.1) is 0 Å². The number of Topliss-reactive ketones (excluding diaryl/α,β-unsaturated/α-hetero) is 1. The third-order valence-corrected chi connectivity index (χ3v) is 1.80. The summed E-state index contributed by atoms with van der Waals surface area (Å²) in [5, 5.41) is 2.47. The van der Waals surface area contributed by atoms with E-state index in [1.54, 1.807) is 26.2 Å². The molecule has 1 heterocycles. The van der Waals surface area contributed by atoms with Gasteiger partial charge in [-0.2, -0.15) is 0 Å². The molecule has 70 valence electrons. The molecule has 0 bridgehead atoms. The molecule has 0 fully saturated rings. The average molecular weight is 180 g/mol. The zero-order valence-corrected chi connectivity index (χ0v) is 7.68. The van der Waals surface area contributed by atoms with Crippen LogP contribution >= 0.6 is 0 Å². The molecule has 0 aliphatic rings. The average Bonchev–Trinajstić information content (AvgIpc) is 2.64. The first-order chi connectivity index (χ1) is 6.19. The van der Waals surface area contributed by atoms with Gasteiger partial charge in [0.15, 0.2) is 5.78 Å². The molecular weight excluding hydrogens is 168 g/mol. The van der Waals surface area contributed by atoms with Gasteiger partial charge in [-0.3, -0.25) is 9.59 Å². The number of ketones is 1. The van der Waals surface area contributed by atoms with E-state index in [-0.39, 0.29) is 11.7 Å². The summed E-state index contributed by atoms with van der Waals surface area (Å²) in [5.74, 6) is -0.179. The van der Waals surface area contributed by atoms with Crippen molar-refractivity contribution in [3.63, 3.8) is 0 Å². The van der Waals surface area contributed by atoms with Crippen molar-refractivity contribution < 1.29 is 9.59 Å². The minimum absolute atomic E-state index is 0.0337. The maximum Gasteiger partial charge on any atom is 0.267 e. The predicted molar refractivity (Wildman–Crippen MR) is 48.8 cm³/mol. The number of aromatic amines is 1. The Hall–Kier alpha value is -1.58. The second-order valence-electron chi connectivity index (χ2n) is 2.66. The van der Waals surface area contributed by atoms with E-state index in [2.05, 4.69) is 10.3 Å². The Morgan fingerprint density at radius 2 is 2.23 bits per heavy atom. The Balaban J connectivity index is 2.86. The number of aromatic nitrogens is 1. The van der Waals surface area contributed by atoms with E-state index in [1.807, 2.05) is 0 Å². The number of carbonyl (C=O) groups excluding carboxylic acids is 2. The molecule has 0 unspecified atom stereocenters. The summed E-state index contributed by atoms with van der Waals surface area (Å²) in [4.78, 5) is 25.0. The molecule has 0 aromatic carbocycles. The molecule has 4 nitrogen and oxygen atoms in total. The molecule has 1 aromatic rings. The first-order valence-corrected chi connectivity index (χ1v) is 4.12. The highest BCUT2D eigenvalue weighted by atomic mass is 16.1. The van der Waals surface area contributed by atoms with Crippen molar-refractivity contribution >= 4 is 11.7 Å². The minimum Gasteiger partial charge on any atom is -0.356 e. The maximum absolute atomic E-state index is 11.2. The van der Waals surface area contributed by atoms with Crippen molar-refractivity contribution in [2.24, 2.45) is 0 Å². The summed E-state index contributed by atoms with van der Waals surface area (Å²) in [7, 11) is 1.55. The van der Waals surface area contributed by atoms with E-state index >= 15 is 0 Å². The molecule has 0 saturated heterocycles. The van der Waals surface area contributed by atoms with Gasteiger partial charge in [-0.1, -0.05) is 6.92 Å². The number of hydrogen-bond donors (Lipinski definition) is 2. The van der Waals surface area contributed by atoms with Crippen molar-refractivity contribution in [1.29, 1.82) is 0 Å². The van der Waals surface area contributed by atoms with Gasteiger partial charge >= 0.3 is 0 Å². The molecule has 0 aliphatic carbocycles. The maximum atomic E-state index is 11.2. The van der Waals surface area contributed by atoms with Crippen LogP contribution in [0.4, 0.5) is 0 Å². The van der Waals surface area contributed by atoms with Crippen LogP contribution in [0.1, 0.15) is 34.2 Å². The number of H-pyrrole nitrogens is 1. The largest absolute Gasteiger partial charge is 0.356 e. The molecular formula is C9H12N2O2. The van der Waals surface area contributed by atoms with E-state index in [4.69, 9.17) is 0 Å². The Morgan fingerprint density at radius 1 is 1.54 bits per heavy atom. The molecule has 0 saturated carbocycles. The fourth-order valence-corrected chi connectivity index (χ4v) is 1.03. The van der Waals surface area contributed by atoms with Crippen molar-refractivity contribution in [2.45, 2.75) is 13.3 Å². The van der Waals surface area contributed by atoms with Crippen molar-refractivity contribution in [1.82, 2.24) is 10.3 Å². The van der Waals surface area contributed by atoms with E-state index in [0.29, 0.717) is 17.7 Å². The summed E-state index contributed by atoms with van der Waals surface area (Å²) in [6, 6.07) is 1.56. The molecule has 0 atom stereocenters. The van der Waals surface area contributed by atoms with Crippen LogP contribution in [0.5, 0.6) is 0 Å². The van der Waals surface area contributed by atoms with Crippen LogP contribution in [0.25, 0.3) is 0 Å². The van der Waals surface area contributed by atoms with Gasteiger partial charge < -0.3 is 10.3 Å². The van der Waals surface area contributed by atoms with E-state index in [1.165, 1.54) is 0 Å². The second-order valence-corrected chi connectivity index (χ2v) is 2.66. The van der Waals surface area contributed by atoms with Crippen molar-refractivity contribution in [2.75, 3.05) is 7.05 Å². The topological polar surface area (TPSA) is 62.0 Å². The van der Waals surface area contributed by atoms with Crippen LogP contribution in [0.2, 0.25) is 0 Å². The lowest BCUT2D eigenvalue weighted by Gasteiger charge is -1.92. The number of carbonyl (C=O) groups is 2. The predicted octanol–water partition coefficient (Wildman–Crippen LogP) is 0.967. The summed E-state index contributed by atoms with van der Waals surface area (Å²) < 4.78 is 0. The SMILES string of the molecule is CCC(=O)c1c[nH]c(C(=O)NC)c1. The van der Waals surface area contributed by atoms with Gasteiger partial charge in [0.1, 0.15) is 5.69 Å². The van der Waals surface area contributed by atoms with E-state index < -0.39 is 0 Å². The monoisotopic (exact) mass is 180 g/mol. The van der Waals surface area contributed by atoms with Crippen LogP contribution in [0.3, 0.4) is 0 Å². The highest BCUT2D eigenvalue weighted by Gasteiger charge is 2.09. The van der Waals surface area contributed by atoms with Gasteiger partial charge in [0.25, 0.3) is 5.91 Å². The Kier molecular flexibility index (Phi) is 2.84. The Labute approximate surface area is 76.3 Å². The van der Waals surface area contributed by atoms with Crippen molar-refractivity contribution in [3.05, 3.63) is 23.5 Å². The lowest BCUT2D eigenvalue weighted by molar-refractivity contribution is 0.0958. The highest BCUT2D eigenvalue weighted by Crippen LogP contribution is 2.05. The van der Waals surface area contributed by atoms with E-state index in [0.717, 1.165) is 0 Å². The molecule has 0 aliphatic heterocycles. The summed E-state index contributed by atoms with van der Waals surface area (Å²) in [6.07, 6.45) is 2.00. The fourth-order valence-electron chi connectivity index (χ4n) is 1.03. The molecule has 0 spiro atoms. The molecule has 2 N–H and O–H groups in total. The number of rotatable bonds is 3. The zero-order chi connectivity index (χ0) is 9.84. The third-order valence-electron chi connectivity index (χ3n) is 1.80. The molecule has 1 amide bonds. The first-order valence-electron chi connectivity index (χ1n) is 4.12. The second kappa shape index (κ2) is 3.89. The van der Waals surface area contributed by atoms with Crippen LogP contribution in [-0.4, -0.2) is 23.7 Å². The van der Waals surface area contributed by atoms with Gasteiger partial charge in [-0.15, -0.1) is 0 Å². The first kappa shape index (κ1) is 9.51. The van der Waals surface area contributed by atoms with Crippen LogP contribution in [0, 0.1) is 0 Å². The zero-order valence-electron chi connectivity index (χ0n) is 7.68. The summed E-state index contributed by atoms with van der Waals surface area (Å²) >= 11 is 0. The molecule has 4 heteroatoms. The van der Waals surface area contributed by atoms with Crippen LogP contribution in [-0.2, 0) is 0 Å². The lowest BCUT2D eigenvalue weighted by Crippen LogP contribution is -2.17. The minimum atomic E-state index is -0.213. The summed E-state index contributed by atoms with van der Waals surface area (Å²) in [5.41, 5.74) is 0.973. The smallest absolute Gasteiger partial charge is 0.267 e. The third kappa shape index (κ3) is 1.96. The molecule has 1 rings (SSSR count). The van der Waals surface area contributed by atoms with Crippen LogP contribution in [0.15, 0.2) is 12.3 Å². The van der Waals surface area contributed by atoms with Gasteiger partial charge in [0.2, 0.25) is 0 Å². The lowest BCUT2D eigenvalue weighted by atomic mass is 10.2. The number of amides is 1. The quantitative estimate of drug-likeness (QED) is 0.681. The number of nitrogens with one attached hydrogen (secondary N) is 2. The van der Waals surface area contributed by atoms with Gasteiger partial charge in [-0.05, 0) is 6.07 Å². The van der Waals surface area contributed by atoms with Gasteiger partial charge in [0, 0.05) is 25.2 Å². The van der Waals surface area contributed by atoms with Crippen molar-refractivity contribution in [3.8, 4) is 0 Å². The highest BCUT2D eigenvalue weighted by molar-refractivity contribution is 5.99. The van der Waals surface area contributed by atoms with Crippen LogP contribution < -0.4 is 5.32 Å². The van der Waals surface area contributed by atoms with E-state index in [9.17, 15) is 9.59 Å². The molecule has 1 aromatic heterocycles. The normalized spacial score (nSPS) is 9.69. The Bertz CT molecular complexity index is 298. The fraction of sp³-hybridized carbons (Fsp3) is 0.333. The Morgan fingerprint density at radius 3 is 2.77 bits per heavy atom. The molecule has 13 heavy (non-hydrogen) atoms. The van der Waals surface area contributed by atoms with Gasteiger partial charge in [-0.25, -0.2) is 0 Å².